The third-order valence-electron chi connectivity index (χ3n) is 3.42. The Morgan fingerprint density at radius 2 is 2.00 bits per heavy atom. The van der Waals surface area contributed by atoms with E-state index in [0.717, 1.165) is 0 Å². The van der Waals surface area contributed by atoms with Crippen molar-refractivity contribution in [2.24, 2.45) is 0 Å². The number of phenols is 1. The number of fused-ring (bicyclic) bond motifs is 1. The second-order valence-electron chi connectivity index (χ2n) is 4.94. The Bertz CT molecular complexity index is 884. The summed E-state index contributed by atoms with van der Waals surface area (Å²) in [6.45, 7) is 1.88. The number of aromatic hydroxyl groups is 1. The minimum Gasteiger partial charge on any atom is -0.506 e. The van der Waals surface area contributed by atoms with E-state index in [1.54, 1.807) is 6.92 Å². The lowest BCUT2D eigenvalue weighted by Gasteiger charge is -2.04. The van der Waals surface area contributed by atoms with E-state index in [-0.39, 0.29) is 29.4 Å². The summed E-state index contributed by atoms with van der Waals surface area (Å²) in [5, 5.41) is 10.2. The molecule has 23 heavy (non-hydrogen) atoms. The summed E-state index contributed by atoms with van der Waals surface area (Å²) >= 11 is 0. The molecule has 3 aromatic rings. The van der Waals surface area contributed by atoms with Gasteiger partial charge in [0.25, 0.3) is 0 Å². The maximum Gasteiger partial charge on any atom is 0.342 e. The highest BCUT2D eigenvalue weighted by Crippen LogP contribution is 2.38. The lowest BCUT2D eigenvalue weighted by molar-refractivity contribution is 0.0529. The van der Waals surface area contributed by atoms with Crippen LogP contribution in [0.15, 0.2) is 40.8 Å². The summed E-state index contributed by atoms with van der Waals surface area (Å²) < 4.78 is 23.9. The van der Waals surface area contributed by atoms with Crippen molar-refractivity contribution < 1.29 is 23.4 Å². The molecule has 3 rings (SSSR count). The smallest absolute Gasteiger partial charge is 0.342 e. The number of nitrogens with two attached hydrogens (primary N) is 1. The van der Waals surface area contributed by atoms with Gasteiger partial charge in [0.1, 0.15) is 28.5 Å². The van der Waals surface area contributed by atoms with Crippen LogP contribution >= 0.6 is 0 Å². The molecule has 0 saturated heterocycles. The fraction of sp³-hybridized carbons (Fsp3) is 0.118. The Morgan fingerprint density at radius 1 is 1.30 bits per heavy atom. The van der Waals surface area contributed by atoms with Gasteiger partial charge in [0.15, 0.2) is 0 Å². The Balaban J connectivity index is 2.29. The average molecular weight is 315 g/mol. The first kappa shape index (κ1) is 14.9. The van der Waals surface area contributed by atoms with Crippen LogP contribution in [0, 0.1) is 5.82 Å². The van der Waals surface area contributed by atoms with Gasteiger partial charge in [-0.25, -0.2) is 9.18 Å². The van der Waals surface area contributed by atoms with Gasteiger partial charge in [0, 0.05) is 17.0 Å². The molecule has 6 heteroatoms. The molecule has 3 N–H and O–H groups in total. The van der Waals surface area contributed by atoms with E-state index < -0.39 is 11.8 Å². The molecular formula is C17H14FNO4. The Labute approximate surface area is 131 Å². The zero-order valence-electron chi connectivity index (χ0n) is 12.3. The second kappa shape index (κ2) is 5.64. The number of hydrogen-bond donors (Lipinski definition) is 2. The van der Waals surface area contributed by atoms with Gasteiger partial charge in [0.05, 0.1) is 12.3 Å². The van der Waals surface area contributed by atoms with Crippen LogP contribution in [0.2, 0.25) is 0 Å². The minimum absolute atomic E-state index is 0.132. The highest BCUT2D eigenvalue weighted by atomic mass is 19.1. The van der Waals surface area contributed by atoms with Crippen molar-refractivity contribution >= 4 is 22.6 Å². The minimum atomic E-state index is -0.588. The number of nitrogen functional groups attached to an aromatic ring is 1. The third kappa shape index (κ3) is 2.59. The van der Waals surface area contributed by atoms with E-state index in [1.165, 1.54) is 36.4 Å². The van der Waals surface area contributed by atoms with Crippen molar-refractivity contribution in [2.75, 3.05) is 12.3 Å². The SMILES string of the molecule is CCOC(=O)c1c(-c2ccc(F)cc2)oc2cc(N)c(O)cc12. The van der Waals surface area contributed by atoms with Gasteiger partial charge in [0.2, 0.25) is 0 Å². The zero-order chi connectivity index (χ0) is 16.6. The Kier molecular flexibility index (Phi) is 3.65. The van der Waals surface area contributed by atoms with Gasteiger partial charge in [-0.1, -0.05) is 0 Å². The molecule has 1 heterocycles. The number of carbonyl (C=O) groups excluding carboxylic acids is 1. The van der Waals surface area contributed by atoms with Crippen molar-refractivity contribution in [3.05, 3.63) is 47.8 Å². The standard InChI is InChI=1S/C17H14FNO4/c1-2-22-17(21)15-11-7-13(20)12(19)8-14(11)23-16(15)9-3-5-10(18)6-4-9/h3-8,20H,2,19H2,1H3. The van der Waals surface area contributed by atoms with E-state index in [1.807, 2.05) is 0 Å². The zero-order valence-corrected chi connectivity index (χ0v) is 12.3. The number of rotatable bonds is 3. The van der Waals surface area contributed by atoms with Crippen LogP contribution in [0.25, 0.3) is 22.3 Å². The quantitative estimate of drug-likeness (QED) is 0.437. The maximum absolute atomic E-state index is 13.1. The van der Waals surface area contributed by atoms with E-state index >= 15 is 0 Å². The van der Waals surface area contributed by atoms with Crippen LogP contribution in [0.1, 0.15) is 17.3 Å². The number of halogens is 1. The number of esters is 1. The van der Waals surface area contributed by atoms with E-state index in [0.29, 0.717) is 16.5 Å². The first-order valence-electron chi connectivity index (χ1n) is 6.99. The lowest BCUT2D eigenvalue weighted by Crippen LogP contribution is -2.05. The molecule has 0 aliphatic heterocycles. The largest absolute Gasteiger partial charge is 0.506 e. The van der Waals surface area contributed by atoms with Crippen molar-refractivity contribution in [2.45, 2.75) is 6.92 Å². The first-order valence-corrected chi connectivity index (χ1v) is 6.99. The molecule has 0 spiro atoms. The van der Waals surface area contributed by atoms with Crippen molar-refractivity contribution in [1.29, 1.82) is 0 Å². The monoisotopic (exact) mass is 315 g/mol. The molecule has 0 aliphatic carbocycles. The van der Waals surface area contributed by atoms with Crippen LogP contribution in [0.4, 0.5) is 10.1 Å². The number of carbonyl (C=O) groups is 1. The highest BCUT2D eigenvalue weighted by Gasteiger charge is 2.24. The molecule has 0 aliphatic rings. The molecule has 0 amide bonds. The summed E-state index contributed by atoms with van der Waals surface area (Å²) in [6.07, 6.45) is 0. The lowest BCUT2D eigenvalue weighted by atomic mass is 10.0. The normalized spacial score (nSPS) is 10.9. The fourth-order valence-corrected chi connectivity index (χ4v) is 2.36. The summed E-state index contributed by atoms with van der Waals surface area (Å²) in [5.74, 6) is -0.905. The van der Waals surface area contributed by atoms with Gasteiger partial charge >= 0.3 is 5.97 Å². The molecule has 1 aromatic heterocycles. The number of ether oxygens (including phenoxy) is 1. The van der Waals surface area contributed by atoms with Crippen LogP contribution < -0.4 is 5.73 Å². The Hall–Kier alpha value is -3.02. The molecular weight excluding hydrogens is 301 g/mol. The molecule has 0 unspecified atom stereocenters. The summed E-state index contributed by atoms with van der Waals surface area (Å²) in [7, 11) is 0. The second-order valence-corrected chi connectivity index (χ2v) is 4.94. The first-order chi connectivity index (χ1) is 11.0. The number of benzene rings is 2. The van der Waals surface area contributed by atoms with E-state index in [2.05, 4.69) is 0 Å². The molecule has 0 bridgehead atoms. The molecule has 0 fully saturated rings. The molecule has 0 atom stereocenters. The third-order valence-corrected chi connectivity index (χ3v) is 3.42. The topological polar surface area (TPSA) is 85.7 Å². The number of hydrogen-bond acceptors (Lipinski definition) is 5. The maximum atomic E-state index is 13.1. The summed E-state index contributed by atoms with van der Waals surface area (Å²) in [5.41, 5.74) is 6.82. The van der Waals surface area contributed by atoms with E-state index in [9.17, 15) is 14.3 Å². The van der Waals surface area contributed by atoms with Crippen LogP contribution in [-0.4, -0.2) is 17.7 Å². The van der Waals surface area contributed by atoms with Gasteiger partial charge in [-0.2, -0.15) is 0 Å². The number of furan rings is 1. The Morgan fingerprint density at radius 3 is 2.65 bits per heavy atom. The van der Waals surface area contributed by atoms with Gasteiger partial charge in [-0.3, -0.25) is 0 Å². The van der Waals surface area contributed by atoms with Gasteiger partial charge in [-0.05, 0) is 37.3 Å². The van der Waals surface area contributed by atoms with Crippen molar-refractivity contribution in [3.63, 3.8) is 0 Å². The molecule has 0 saturated carbocycles. The fourth-order valence-electron chi connectivity index (χ4n) is 2.36. The van der Waals surface area contributed by atoms with Crippen molar-refractivity contribution in [3.8, 4) is 17.1 Å². The molecule has 5 nitrogen and oxygen atoms in total. The summed E-state index contributed by atoms with van der Waals surface area (Å²) in [4.78, 5) is 12.3. The van der Waals surface area contributed by atoms with Gasteiger partial charge in [-0.15, -0.1) is 0 Å². The molecule has 2 aromatic carbocycles. The molecule has 0 radical (unpaired) electrons. The van der Waals surface area contributed by atoms with E-state index in [4.69, 9.17) is 14.9 Å². The number of phenolic OH excluding ortho intramolecular Hbond substituents is 1. The number of anilines is 1. The average Bonchev–Trinajstić information content (AvgIpc) is 2.87. The van der Waals surface area contributed by atoms with Crippen LogP contribution in [-0.2, 0) is 4.74 Å². The van der Waals surface area contributed by atoms with Gasteiger partial charge < -0.3 is 20.0 Å². The molecule has 118 valence electrons. The van der Waals surface area contributed by atoms with Crippen LogP contribution in [0.5, 0.6) is 5.75 Å². The highest BCUT2D eigenvalue weighted by molar-refractivity contribution is 6.09. The van der Waals surface area contributed by atoms with Crippen molar-refractivity contribution in [1.82, 2.24) is 0 Å². The summed E-state index contributed by atoms with van der Waals surface area (Å²) in [6, 6.07) is 8.32. The van der Waals surface area contributed by atoms with Crippen LogP contribution in [0.3, 0.4) is 0 Å². The predicted octanol–water partition coefficient (Wildman–Crippen LogP) is 3.70. The predicted molar refractivity (Wildman–Crippen MR) is 83.6 cm³/mol.